The zero-order valence-corrected chi connectivity index (χ0v) is 16.5. The number of pyridine rings is 1. The molecule has 0 spiro atoms. The molecule has 2 saturated heterocycles. The van der Waals surface area contributed by atoms with E-state index in [-0.39, 0.29) is 11.7 Å². The predicted octanol–water partition coefficient (Wildman–Crippen LogP) is 3.83. The van der Waals surface area contributed by atoms with Crippen molar-refractivity contribution in [3.05, 3.63) is 52.9 Å². The first-order valence-electron chi connectivity index (χ1n) is 9.83. The number of hydrogen-bond acceptors (Lipinski definition) is 4. The summed E-state index contributed by atoms with van der Waals surface area (Å²) in [5.74, 6) is 0.489. The summed E-state index contributed by atoms with van der Waals surface area (Å²) in [7, 11) is 0. The van der Waals surface area contributed by atoms with E-state index in [0.717, 1.165) is 25.9 Å². The lowest BCUT2D eigenvalue weighted by atomic mass is 10.1. The molecular weight excluding hydrogens is 379 g/mol. The molecule has 0 N–H and O–H groups in total. The molecule has 148 valence electrons. The molecule has 1 aromatic carbocycles. The van der Waals surface area contributed by atoms with Gasteiger partial charge in [0.15, 0.2) is 0 Å². The second-order valence-electron chi connectivity index (χ2n) is 7.31. The lowest BCUT2D eigenvalue weighted by Gasteiger charge is -2.37. The van der Waals surface area contributed by atoms with Gasteiger partial charge in [0.2, 0.25) is 0 Å². The maximum atomic E-state index is 14.0. The minimum Gasteiger partial charge on any atom is -0.366 e. The van der Waals surface area contributed by atoms with Gasteiger partial charge >= 0.3 is 0 Å². The Balaban J connectivity index is 1.43. The van der Waals surface area contributed by atoms with Crippen LogP contribution < -0.4 is 9.80 Å². The molecule has 4 rings (SSSR count). The van der Waals surface area contributed by atoms with Gasteiger partial charge in [-0.1, -0.05) is 23.7 Å². The number of carbonyl (C=O) groups excluding carboxylic acids is 1. The molecule has 2 aliphatic rings. The smallest absolute Gasteiger partial charge is 0.255 e. The molecule has 0 aliphatic carbocycles. The van der Waals surface area contributed by atoms with E-state index in [9.17, 15) is 9.18 Å². The van der Waals surface area contributed by atoms with Crippen molar-refractivity contribution in [2.45, 2.75) is 19.3 Å². The van der Waals surface area contributed by atoms with Gasteiger partial charge in [-0.25, -0.2) is 9.37 Å². The fourth-order valence-corrected chi connectivity index (χ4v) is 4.21. The van der Waals surface area contributed by atoms with Crippen LogP contribution in [0, 0.1) is 5.82 Å². The topological polar surface area (TPSA) is 39.7 Å². The summed E-state index contributed by atoms with van der Waals surface area (Å²) in [6, 6.07) is 8.56. The Labute approximate surface area is 169 Å². The molecule has 0 atom stereocenters. The molecular formula is C21H24ClFN4O. The first kappa shape index (κ1) is 19.0. The Morgan fingerprint density at radius 2 is 1.64 bits per heavy atom. The number of nitrogens with zero attached hydrogens (tertiary/aromatic N) is 4. The Morgan fingerprint density at radius 3 is 2.32 bits per heavy atom. The summed E-state index contributed by atoms with van der Waals surface area (Å²) in [6.07, 6.45) is 4.91. The second kappa shape index (κ2) is 8.35. The number of anilines is 2. The van der Waals surface area contributed by atoms with E-state index in [1.54, 1.807) is 24.4 Å². The molecule has 2 aromatic rings. The van der Waals surface area contributed by atoms with Crippen LogP contribution in [0.3, 0.4) is 0 Å². The van der Waals surface area contributed by atoms with Gasteiger partial charge in [0.25, 0.3) is 5.91 Å². The number of likely N-dealkylation sites (tertiary alicyclic amines) is 1. The highest BCUT2D eigenvalue weighted by Gasteiger charge is 2.24. The summed E-state index contributed by atoms with van der Waals surface area (Å²) < 4.78 is 14.0. The molecule has 0 bridgehead atoms. The molecule has 0 saturated carbocycles. The molecule has 1 amide bonds. The van der Waals surface area contributed by atoms with E-state index in [1.807, 2.05) is 15.9 Å². The van der Waals surface area contributed by atoms with Crippen molar-refractivity contribution in [3.63, 3.8) is 0 Å². The molecule has 0 unspecified atom stereocenters. The van der Waals surface area contributed by atoms with E-state index in [1.165, 1.54) is 12.5 Å². The molecule has 2 aliphatic heterocycles. The number of halogens is 2. The zero-order chi connectivity index (χ0) is 19.5. The van der Waals surface area contributed by atoms with Crippen molar-refractivity contribution in [1.82, 2.24) is 9.88 Å². The number of piperazine rings is 1. The molecule has 0 radical (unpaired) electrons. The predicted molar refractivity (Wildman–Crippen MR) is 110 cm³/mol. The van der Waals surface area contributed by atoms with E-state index < -0.39 is 0 Å². The van der Waals surface area contributed by atoms with E-state index >= 15 is 0 Å². The quantitative estimate of drug-likeness (QED) is 0.782. The van der Waals surface area contributed by atoms with Crippen LogP contribution in [0.1, 0.15) is 29.6 Å². The summed E-state index contributed by atoms with van der Waals surface area (Å²) >= 11 is 6.48. The Bertz CT molecular complexity index is 848. The molecule has 1 aromatic heterocycles. The number of rotatable bonds is 3. The lowest BCUT2D eigenvalue weighted by Crippen LogP contribution is -2.47. The molecule has 3 heterocycles. The van der Waals surface area contributed by atoms with Crippen molar-refractivity contribution in [2.75, 3.05) is 49.1 Å². The highest BCUT2D eigenvalue weighted by molar-refractivity contribution is 6.33. The fourth-order valence-electron chi connectivity index (χ4n) is 3.93. The van der Waals surface area contributed by atoms with Crippen LogP contribution in [0.5, 0.6) is 0 Å². The van der Waals surface area contributed by atoms with Crippen molar-refractivity contribution in [3.8, 4) is 0 Å². The van der Waals surface area contributed by atoms with Gasteiger partial charge in [0.05, 0.1) is 16.3 Å². The number of amides is 1. The SMILES string of the molecule is O=C(c1cnc(N2CCN(c3ccccc3F)CC2)c(Cl)c1)N1CCCCC1. The Morgan fingerprint density at radius 1 is 0.964 bits per heavy atom. The van der Waals surface area contributed by atoms with Crippen LogP contribution in [-0.4, -0.2) is 55.1 Å². The summed E-state index contributed by atoms with van der Waals surface area (Å²) in [5, 5.41) is 0.488. The number of piperidine rings is 1. The summed E-state index contributed by atoms with van der Waals surface area (Å²) in [5.41, 5.74) is 1.17. The van der Waals surface area contributed by atoms with Gasteiger partial charge in [-0.3, -0.25) is 4.79 Å². The highest BCUT2D eigenvalue weighted by Crippen LogP contribution is 2.28. The highest BCUT2D eigenvalue weighted by atomic mass is 35.5. The van der Waals surface area contributed by atoms with Crippen molar-refractivity contribution >= 4 is 29.0 Å². The van der Waals surface area contributed by atoms with Crippen LogP contribution in [-0.2, 0) is 0 Å². The first-order valence-corrected chi connectivity index (χ1v) is 10.2. The maximum absolute atomic E-state index is 14.0. The second-order valence-corrected chi connectivity index (χ2v) is 7.71. The number of carbonyl (C=O) groups is 1. The minimum absolute atomic E-state index is 0.00465. The summed E-state index contributed by atoms with van der Waals surface area (Å²) in [4.78, 5) is 23.1. The van der Waals surface area contributed by atoms with Crippen LogP contribution in [0.15, 0.2) is 36.5 Å². The van der Waals surface area contributed by atoms with Gasteiger partial charge in [0.1, 0.15) is 11.6 Å². The monoisotopic (exact) mass is 402 g/mol. The minimum atomic E-state index is -0.201. The van der Waals surface area contributed by atoms with Gasteiger partial charge in [-0.15, -0.1) is 0 Å². The Kier molecular flexibility index (Phi) is 5.67. The molecule has 2 fully saturated rings. The third kappa shape index (κ3) is 3.92. The average molecular weight is 403 g/mol. The van der Waals surface area contributed by atoms with Crippen molar-refractivity contribution in [1.29, 1.82) is 0 Å². The summed E-state index contributed by atoms with van der Waals surface area (Å²) in [6.45, 7) is 4.37. The number of hydrogen-bond donors (Lipinski definition) is 0. The Hall–Kier alpha value is -2.34. The third-order valence-corrected chi connectivity index (χ3v) is 5.76. The molecule has 28 heavy (non-hydrogen) atoms. The molecule has 7 heteroatoms. The number of benzene rings is 1. The normalized spacial score (nSPS) is 17.7. The van der Waals surface area contributed by atoms with E-state index in [0.29, 0.717) is 48.3 Å². The third-order valence-electron chi connectivity index (χ3n) is 5.48. The van der Waals surface area contributed by atoms with Crippen LogP contribution in [0.2, 0.25) is 5.02 Å². The molecule has 5 nitrogen and oxygen atoms in total. The van der Waals surface area contributed by atoms with E-state index in [4.69, 9.17) is 11.6 Å². The largest absolute Gasteiger partial charge is 0.366 e. The van der Waals surface area contributed by atoms with Crippen LogP contribution in [0.4, 0.5) is 15.9 Å². The van der Waals surface area contributed by atoms with Gasteiger partial charge in [-0.2, -0.15) is 0 Å². The lowest BCUT2D eigenvalue weighted by molar-refractivity contribution is 0.0724. The van der Waals surface area contributed by atoms with Crippen molar-refractivity contribution in [2.24, 2.45) is 0 Å². The first-order chi connectivity index (χ1) is 13.6. The van der Waals surface area contributed by atoms with Crippen LogP contribution in [0.25, 0.3) is 0 Å². The number of para-hydroxylation sites is 1. The van der Waals surface area contributed by atoms with Gasteiger partial charge in [0, 0.05) is 45.5 Å². The standard InChI is InChI=1S/C21H24ClFN4O/c22-17-14-16(21(28)27-8-4-1-5-9-27)15-24-20(17)26-12-10-25(11-13-26)19-7-3-2-6-18(19)23/h2-3,6-7,14-15H,1,4-5,8-13H2. The zero-order valence-electron chi connectivity index (χ0n) is 15.8. The van der Waals surface area contributed by atoms with E-state index in [2.05, 4.69) is 9.88 Å². The van der Waals surface area contributed by atoms with Crippen molar-refractivity contribution < 1.29 is 9.18 Å². The maximum Gasteiger partial charge on any atom is 0.255 e. The average Bonchev–Trinajstić information content (AvgIpc) is 2.74. The number of aromatic nitrogens is 1. The van der Waals surface area contributed by atoms with Gasteiger partial charge in [-0.05, 0) is 37.5 Å². The van der Waals surface area contributed by atoms with Gasteiger partial charge < -0.3 is 14.7 Å². The fraction of sp³-hybridized carbons (Fsp3) is 0.429. The van der Waals surface area contributed by atoms with Crippen LogP contribution >= 0.6 is 11.6 Å².